The van der Waals surface area contributed by atoms with Crippen molar-refractivity contribution in [3.05, 3.63) is 51.9 Å². The predicted octanol–water partition coefficient (Wildman–Crippen LogP) is 2.46. The molecule has 0 aromatic carbocycles. The van der Waals surface area contributed by atoms with Crippen LogP contribution in [0.3, 0.4) is 0 Å². The van der Waals surface area contributed by atoms with E-state index in [0.717, 1.165) is 30.7 Å². The van der Waals surface area contributed by atoms with E-state index in [0.29, 0.717) is 0 Å². The van der Waals surface area contributed by atoms with Crippen LogP contribution in [-0.4, -0.2) is 35.0 Å². The normalized spacial score (nSPS) is 15.7. The van der Waals surface area contributed by atoms with Crippen molar-refractivity contribution in [1.82, 2.24) is 9.30 Å². The molecule has 0 radical (unpaired) electrons. The van der Waals surface area contributed by atoms with E-state index in [1.54, 1.807) is 29.7 Å². The number of carbonyl (C=O) groups is 1. The fourth-order valence-electron chi connectivity index (χ4n) is 3.16. The van der Waals surface area contributed by atoms with Crippen molar-refractivity contribution in [2.75, 3.05) is 19.7 Å². The Balaban J connectivity index is 2.05. The summed E-state index contributed by atoms with van der Waals surface area (Å²) in [5, 5.41) is 0. The molecule has 1 saturated heterocycles. The molecule has 3 rings (SSSR count). The van der Waals surface area contributed by atoms with Gasteiger partial charge in [0.15, 0.2) is 0 Å². The molecule has 2 aromatic heterocycles. The van der Waals surface area contributed by atoms with Crippen LogP contribution in [0, 0.1) is 0 Å². The van der Waals surface area contributed by atoms with E-state index in [4.69, 9.17) is 4.74 Å². The number of likely N-dealkylation sites (tertiary alicyclic amines) is 1. The van der Waals surface area contributed by atoms with Gasteiger partial charge in [-0.2, -0.15) is 0 Å². The fourth-order valence-corrected chi connectivity index (χ4v) is 3.16. The zero-order chi connectivity index (χ0) is 16.2. The summed E-state index contributed by atoms with van der Waals surface area (Å²) < 4.78 is 6.58. The van der Waals surface area contributed by atoms with E-state index in [-0.39, 0.29) is 17.7 Å². The minimum absolute atomic E-state index is 0.113. The number of aromatic nitrogens is 1. The van der Waals surface area contributed by atoms with Gasteiger partial charge >= 0.3 is 5.97 Å². The lowest BCUT2D eigenvalue weighted by Gasteiger charge is -2.27. The molecule has 0 unspecified atom stereocenters. The lowest BCUT2D eigenvalue weighted by atomic mass is 10.1. The van der Waals surface area contributed by atoms with Gasteiger partial charge < -0.3 is 4.74 Å². The monoisotopic (exact) mass is 314 g/mol. The maximum atomic E-state index is 12.5. The number of nitrogens with zero attached hydrogens (tertiary/aromatic N) is 2. The van der Waals surface area contributed by atoms with Crippen molar-refractivity contribution in [3.8, 4) is 0 Å². The van der Waals surface area contributed by atoms with Crippen LogP contribution in [0.1, 0.15) is 42.1 Å². The number of hydrogen-bond donors (Lipinski definition) is 0. The molecule has 5 heteroatoms. The molecule has 0 saturated carbocycles. The summed E-state index contributed by atoms with van der Waals surface area (Å²) in [4.78, 5) is 27.0. The standard InChI is InChI=1S/C18H22N2O3/c1-2-23-18(22)15-12-14(13-19-9-5-3-6-10-19)16-8-4-7-11-20(16)17(15)21/h4,7-8,11-12H,2-3,5-6,9-10,13H2,1H3. The largest absolute Gasteiger partial charge is 0.462 e. The first-order valence-corrected chi connectivity index (χ1v) is 8.23. The maximum absolute atomic E-state index is 12.5. The molecule has 0 bridgehead atoms. The Bertz CT molecular complexity index is 760. The van der Waals surface area contributed by atoms with Crippen molar-refractivity contribution in [2.45, 2.75) is 32.7 Å². The molecule has 1 aliphatic rings. The third-order valence-corrected chi connectivity index (χ3v) is 4.29. The molecule has 23 heavy (non-hydrogen) atoms. The molecule has 1 fully saturated rings. The molecule has 0 spiro atoms. The quantitative estimate of drug-likeness (QED) is 0.814. The van der Waals surface area contributed by atoms with Crippen LogP contribution >= 0.6 is 0 Å². The van der Waals surface area contributed by atoms with Crippen LogP contribution in [0.25, 0.3) is 5.52 Å². The average molecular weight is 314 g/mol. The third-order valence-electron chi connectivity index (χ3n) is 4.29. The zero-order valence-electron chi connectivity index (χ0n) is 13.5. The number of esters is 1. The van der Waals surface area contributed by atoms with E-state index in [1.807, 2.05) is 12.1 Å². The van der Waals surface area contributed by atoms with Gasteiger partial charge in [0.25, 0.3) is 5.56 Å². The second kappa shape index (κ2) is 6.96. The Morgan fingerprint density at radius 1 is 1.22 bits per heavy atom. The molecule has 0 N–H and O–H groups in total. The van der Waals surface area contributed by atoms with Gasteiger partial charge in [0.2, 0.25) is 0 Å². The smallest absolute Gasteiger partial charge is 0.343 e. The number of fused-ring (bicyclic) bond motifs is 1. The summed E-state index contributed by atoms with van der Waals surface area (Å²) in [5.41, 5.74) is 1.65. The number of piperidine rings is 1. The average Bonchev–Trinajstić information content (AvgIpc) is 2.58. The molecule has 3 heterocycles. The van der Waals surface area contributed by atoms with E-state index in [1.165, 1.54) is 19.3 Å². The minimum Gasteiger partial charge on any atom is -0.462 e. The van der Waals surface area contributed by atoms with Gasteiger partial charge in [0.1, 0.15) is 5.56 Å². The van der Waals surface area contributed by atoms with Crippen LogP contribution in [0.4, 0.5) is 0 Å². The molecule has 122 valence electrons. The first-order valence-electron chi connectivity index (χ1n) is 8.23. The topological polar surface area (TPSA) is 51.0 Å². The van der Waals surface area contributed by atoms with Crippen molar-refractivity contribution >= 4 is 11.5 Å². The first kappa shape index (κ1) is 15.7. The van der Waals surface area contributed by atoms with E-state index < -0.39 is 5.97 Å². The van der Waals surface area contributed by atoms with Gasteiger partial charge in [-0.15, -0.1) is 0 Å². The number of ether oxygens (including phenoxy) is 1. The molecular formula is C18H22N2O3. The van der Waals surface area contributed by atoms with Crippen LogP contribution in [0.15, 0.2) is 35.3 Å². The summed E-state index contributed by atoms with van der Waals surface area (Å²) in [5.74, 6) is -0.546. The van der Waals surface area contributed by atoms with Gasteiger partial charge in [-0.25, -0.2) is 4.79 Å². The van der Waals surface area contributed by atoms with Gasteiger partial charge in [0, 0.05) is 12.7 Å². The zero-order valence-corrected chi connectivity index (χ0v) is 13.5. The Morgan fingerprint density at radius 2 is 2.00 bits per heavy atom. The van der Waals surface area contributed by atoms with Gasteiger partial charge in [0.05, 0.1) is 12.1 Å². The predicted molar refractivity (Wildman–Crippen MR) is 88.8 cm³/mol. The molecule has 2 aromatic rings. The summed E-state index contributed by atoms with van der Waals surface area (Å²) in [6.45, 7) is 4.88. The van der Waals surface area contributed by atoms with E-state index in [2.05, 4.69) is 4.90 Å². The summed E-state index contributed by atoms with van der Waals surface area (Å²) in [6, 6.07) is 7.35. The highest BCUT2D eigenvalue weighted by Gasteiger charge is 2.18. The molecular weight excluding hydrogens is 292 g/mol. The number of rotatable bonds is 4. The maximum Gasteiger partial charge on any atom is 0.343 e. The van der Waals surface area contributed by atoms with Gasteiger partial charge in [-0.3, -0.25) is 14.1 Å². The minimum atomic E-state index is -0.546. The highest BCUT2D eigenvalue weighted by atomic mass is 16.5. The number of carbonyl (C=O) groups excluding carboxylic acids is 1. The van der Waals surface area contributed by atoms with Crippen molar-refractivity contribution in [3.63, 3.8) is 0 Å². The molecule has 5 nitrogen and oxygen atoms in total. The Kier molecular flexibility index (Phi) is 4.76. The lowest BCUT2D eigenvalue weighted by molar-refractivity contribution is 0.0524. The van der Waals surface area contributed by atoms with Crippen LogP contribution < -0.4 is 5.56 Å². The molecule has 1 aliphatic heterocycles. The summed E-state index contributed by atoms with van der Waals surface area (Å²) in [6.07, 6.45) is 5.39. The highest BCUT2D eigenvalue weighted by molar-refractivity contribution is 5.90. The Hall–Kier alpha value is -2.14. The first-order chi connectivity index (χ1) is 11.2. The highest BCUT2D eigenvalue weighted by Crippen LogP contribution is 2.17. The Labute approximate surface area is 135 Å². The van der Waals surface area contributed by atoms with Gasteiger partial charge in [-0.1, -0.05) is 12.5 Å². The summed E-state index contributed by atoms with van der Waals surface area (Å²) >= 11 is 0. The van der Waals surface area contributed by atoms with Crippen molar-refractivity contribution < 1.29 is 9.53 Å². The molecule has 0 aliphatic carbocycles. The van der Waals surface area contributed by atoms with Crippen molar-refractivity contribution in [1.29, 1.82) is 0 Å². The van der Waals surface area contributed by atoms with Crippen LogP contribution in [-0.2, 0) is 11.3 Å². The van der Waals surface area contributed by atoms with E-state index >= 15 is 0 Å². The fraction of sp³-hybridized carbons (Fsp3) is 0.444. The molecule has 0 atom stereocenters. The second-order valence-electron chi connectivity index (χ2n) is 5.90. The van der Waals surface area contributed by atoms with Crippen LogP contribution in [0.5, 0.6) is 0 Å². The van der Waals surface area contributed by atoms with Crippen LogP contribution in [0.2, 0.25) is 0 Å². The lowest BCUT2D eigenvalue weighted by Crippen LogP contribution is -2.31. The third kappa shape index (κ3) is 3.29. The Morgan fingerprint density at radius 3 is 2.74 bits per heavy atom. The SMILES string of the molecule is CCOC(=O)c1cc(CN2CCCCC2)c2ccccn2c1=O. The number of hydrogen-bond acceptors (Lipinski definition) is 4. The second-order valence-corrected chi connectivity index (χ2v) is 5.90. The summed E-state index contributed by atoms with van der Waals surface area (Å²) in [7, 11) is 0. The number of pyridine rings is 2. The van der Waals surface area contributed by atoms with E-state index in [9.17, 15) is 9.59 Å². The van der Waals surface area contributed by atoms with Crippen molar-refractivity contribution in [2.24, 2.45) is 0 Å². The molecule has 0 amide bonds. The van der Waals surface area contributed by atoms with Gasteiger partial charge in [-0.05, 0) is 56.6 Å².